The van der Waals surface area contributed by atoms with Gasteiger partial charge in [-0.3, -0.25) is 4.79 Å². The summed E-state index contributed by atoms with van der Waals surface area (Å²) in [6.45, 7) is 10.1. The minimum atomic E-state index is 0. The van der Waals surface area contributed by atoms with E-state index in [1.54, 1.807) is 0 Å². The zero-order chi connectivity index (χ0) is 12.8. The number of likely N-dealkylation sites (N-methyl/N-ethyl adjacent to an activating group) is 1. The molecular formula is C13H29Cl2N3O. The Labute approximate surface area is 129 Å². The topological polar surface area (TPSA) is 44.4 Å². The fourth-order valence-corrected chi connectivity index (χ4v) is 1.93. The fourth-order valence-electron chi connectivity index (χ4n) is 1.93. The number of carbonyl (C=O) groups is 1. The van der Waals surface area contributed by atoms with Gasteiger partial charge in [-0.1, -0.05) is 13.8 Å². The van der Waals surface area contributed by atoms with Gasteiger partial charge < -0.3 is 15.5 Å². The quantitative estimate of drug-likeness (QED) is 0.749. The number of nitrogens with one attached hydrogen (secondary N) is 2. The van der Waals surface area contributed by atoms with Crippen molar-refractivity contribution in [3.8, 4) is 0 Å². The molecule has 1 saturated heterocycles. The first-order valence-electron chi connectivity index (χ1n) is 6.74. The lowest BCUT2D eigenvalue weighted by Gasteiger charge is -2.32. The van der Waals surface area contributed by atoms with Gasteiger partial charge in [0.05, 0.1) is 0 Å². The molecule has 116 valence electrons. The van der Waals surface area contributed by atoms with Crippen LogP contribution in [0.1, 0.15) is 27.2 Å². The molecule has 1 amide bonds. The van der Waals surface area contributed by atoms with Crippen LogP contribution in [0.4, 0.5) is 0 Å². The van der Waals surface area contributed by atoms with Gasteiger partial charge in [0.15, 0.2) is 0 Å². The molecule has 6 heteroatoms. The largest absolute Gasteiger partial charge is 0.355 e. The van der Waals surface area contributed by atoms with Crippen molar-refractivity contribution in [3.05, 3.63) is 0 Å². The van der Waals surface area contributed by atoms with E-state index in [1.807, 2.05) is 6.92 Å². The molecule has 1 aliphatic heterocycles. The van der Waals surface area contributed by atoms with Crippen molar-refractivity contribution in [3.63, 3.8) is 0 Å². The number of halogens is 2. The summed E-state index contributed by atoms with van der Waals surface area (Å²) in [5.74, 6) is 0.876. The van der Waals surface area contributed by atoms with E-state index in [0.29, 0.717) is 12.0 Å². The minimum Gasteiger partial charge on any atom is -0.355 e. The van der Waals surface area contributed by atoms with Crippen LogP contribution in [-0.4, -0.2) is 50.1 Å². The van der Waals surface area contributed by atoms with E-state index in [2.05, 4.69) is 36.4 Å². The minimum absolute atomic E-state index is 0. The van der Waals surface area contributed by atoms with Gasteiger partial charge in [-0.05, 0) is 39.4 Å². The van der Waals surface area contributed by atoms with Crippen LogP contribution in [0.15, 0.2) is 0 Å². The average Bonchev–Trinajstić information content (AvgIpc) is 2.25. The Morgan fingerprint density at radius 1 is 1.37 bits per heavy atom. The molecule has 4 nitrogen and oxygen atoms in total. The third-order valence-corrected chi connectivity index (χ3v) is 4.04. The lowest BCUT2D eigenvalue weighted by atomic mass is 9.88. The van der Waals surface area contributed by atoms with Gasteiger partial charge in [0.25, 0.3) is 0 Å². The molecule has 2 unspecified atom stereocenters. The van der Waals surface area contributed by atoms with Gasteiger partial charge in [0.1, 0.15) is 0 Å². The summed E-state index contributed by atoms with van der Waals surface area (Å²) < 4.78 is 0. The van der Waals surface area contributed by atoms with Gasteiger partial charge in [-0.15, -0.1) is 24.8 Å². The van der Waals surface area contributed by atoms with Gasteiger partial charge >= 0.3 is 0 Å². The number of hydrogen-bond acceptors (Lipinski definition) is 3. The molecule has 1 aliphatic rings. The van der Waals surface area contributed by atoms with Crippen molar-refractivity contribution in [1.29, 1.82) is 0 Å². The first-order chi connectivity index (χ1) is 8.06. The van der Waals surface area contributed by atoms with Crippen molar-refractivity contribution in [2.24, 2.45) is 11.8 Å². The Morgan fingerprint density at radius 3 is 2.37 bits per heavy atom. The average molecular weight is 314 g/mol. The summed E-state index contributed by atoms with van der Waals surface area (Å²) in [5.41, 5.74) is 0. The molecule has 0 aliphatic carbocycles. The van der Waals surface area contributed by atoms with E-state index in [0.717, 1.165) is 32.6 Å². The van der Waals surface area contributed by atoms with Gasteiger partial charge in [0.2, 0.25) is 5.91 Å². The van der Waals surface area contributed by atoms with Crippen LogP contribution in [0, 0.1) is 11.8 Å². The third-order valence-electron chi connectivity index (χ3n) is 4.04. The van der Waals surface area contributed by atoms with E-state index in [4.69, 9.17) is 0 Å². The second kappa shape index (κ2) is 10.7. The predicted molar refractivity (Wildman–Crippen MR) is 85.4 cm³/mol. The number of rotatable bonds is 7. The lowest BCUT2D eigenvalue weighted by Crippen LogP contribution is -2.50. The van der Waals surface area contributed by atoms with Crippen LogP contribution in [0.5, 0.6) is 0 Å². The van der Waals surface area contributed by atoms with Crippen molar-refractivity contribution < 1.29 is 4.79 Å². The molecule has 19 heavy (non-hydrogen) atoms. The highest BCUT2D eigenvalue weighted by Gasteiger charge is 2.28. The number of nitrogens with zero attached hydrogens (tertiary/aromatic N) is 1. The van der Waals surface area contributed by atoms with Crippen LogP contribution in [0.2, 0.25) is 0 Å². The van der Waals surface area contributed by atoms with E-state index >= 15 is 0 Å². The predicted octanol–water partition coefficient (Wildman–Crippen LogP) is 1.53. The molecule has 2 atom stereocenters. The maximum absolute atomic E-state index is 11.8. The van der Waals surface area contributed by atoms with Crippen molar-refractivity contribution in [1.82, 2.24) is 15.5 Å². The first-order valence-corrected chi connectivity index (χ1v) is 6.74. The van der Waals surface area contributed by atoms with E-state index < -0.39 is 0 Å². The van der Waals surface area contributed by atoms with Crippen molar-refractivity contribution >= 4 is 30.7 Å². The molecule has 0 spiro atoms. The van der Waals surface area contributed by atoms with Crippen LogP contribution in [0.3, 0.4) is 0 Å². The maximum Gasteiger partial charge on any atom is 0.223 e. The summed E-state index contributed by atoms with van der Waals surface area (Å²) in [6.07, 6.45) is 1.15. The standard InChI is InChI=1S/C13H27N3O.2ClH/c1-5-10(2)16(4)7-6-15-13(17)11(3)12-8-14-9-12;;/h10-12,14H,5-9H2,1-4H3,(H,15,17);2*1H. The molecular weight excluding hydrogens is 285 g/mol. The number of carbonyl (C=O) groups excluding carboxylic acids is 1. The zero-order valence-corrected chi connectivity index (χ0v) is 14.1. The first kappa shape index (κ1) is 21.3. The van der Waals surface area contributed by atoms with Crippen LogP contribution in [0.25, 0.3) is 0 Å². The molecule has 0 aromatic heterocycles. The normalized spacial score (nSPS) is 17.7. The monoisotopic (exact) mass is 313 g/mol. The van der Waals surface area contributed by atoms with Crippen LogP contribution >= 0.6 is 24.8 Å². The summed E-state index contributed by atoms with van der Waals surface area (Å²) in [6, 6.07) is 0.583. The molecule has 1 rings (SSSR count). The second-order valence-corrected chi connectivity index (χ2v) is 5.24. The summed E-state index contributed by atoms with van der Waals surface area (Å²) in [7, 11) is 2.11. The highest BCUT2D eigenvalue weighted by atomic mass is 35.5. The third kappa shape index (κ3) is 6.80. The molecule has 0 saturated carbocycles. The summed E-state index contributed by atoms with van der Waals surface area (Å²) in [5, 5.41) is 6.24. The molecule has 0 radical (unpaired) electrons. The van der Waals surface area contributed by atoms with Crippen LogP contribution < -0.4 is 10.6 Å². The lowest BCUT2D eigenvalue weighted by molar-refractivity contribution is -0.126. The van der Waals surface area contributed by atoms with Gasteiger partial charge in [-0.2, -0.15) is 0 Å². The Hall–Kier alpha value is -0.0300. The summed E-state index contributed by atoms with van der Waals surface area (Å²) in [4.78, 5) is 14.1. The van der Waals surface area contributed by atoms with Gasteiger partial charge in [0, 0.05) is 25.0 Å². The second-order valence-electron chi connectivity index (χ2n) is 5.24. The highest BCUT2D eigenvalue weighted by Crippen LogP contribution is 2.15. The Kier molecular flexibility index (Phi) is 12.0. The van der Waals surface area contributed by atoms with E-state index in [9.17, 15) is 4.79 Å². The molecule has 1 heterocycles. The summed E-state index contributed by atoms with van der Waals surface area (Å²) >= 11 is 0. The number of amides is 1. The zero-order valence-electron chi connectivity index (χ0n) is 12.4. The Morgan fingerprint density at radius 2 is 1.95 bits per heavy atom. The van der Waals surface area contributed by atoms with Gasteiger partial charge in [-0.25, -0.2) is 0 Å². The number of hydrogen-bond donors (Lipinski definition) is 2. The SMILES string of the molecule is CCC(C)N(C)CCNC(=O)C(C)C1CNC1.Cl.Cl. The highest BCUT2D eigenvalue weighted by molar-refractivity contribution is 5.85. The van der Waals surface area contributed by atoms with E-state index in [1.165, 1.54) is 0 Å². The van der Waals surface area contributed by atoms with Crippen molar-refractivity contribution in [2.75, 3.05) is 33.2 Å². The molecule has 0 bridgehead atoms. The fraction of sp³-hybridized carbons (Fsp3) is 0.923. The van der Waals surface area contributed by atoms with Crippen LogP contribution in [-0.2, 0) is 4.79 Å². The van der Waals surface area contributed by atoms with E-state index in [-0.39, 0.29) is 36.6 Å². The maximum atomic E-state index is 11.8. The molecule has 0 aromatic carbocycles. The Balaban J connectivity index is 0. The molecule has 0 aromatic rings. The molecule has 2 N–H and O–H groups in total. The van der Waals surface area contributed by atoms with Crippen molar-refractivity contribution in [2.45, 2.75) is 33.2 Å². The smallest absolute Gasteiger partial charge is 0.223 e. The molecule has 1 fully saturated rings. The Bertz CT molecular complexity index is 250.